The number of anilines is 1. The van der Waals surface area contributed by atoms with Crippen LogP contribution in [0.1, 0.15) is 21.7 Å². The molecule has 0 unspecified atom stereocenters. The number of hydrogen-bond acceptors (Lipinski definition) is 7. The van der Waals surface area contributed by atoms with Crippen LogP contribution in [0, 0.1) is 27.2 Å². The summed E-state index contributed by atoms with van der Waals surface area (Å²) in [6.45, 7) is 1.78. The molecule has 0 atom stereocenters. The highest BCUT2D eigenvalue weighted by Crippen LogP contribution is 2.32. The lowest BCUT2D eigenvalue weighted by atomic mass is 10.1. The molecule has 31 heavy (non-hydrogen) atoms. The Balaban J connectivity index is 1.81. The van der Waals surface area contributed by atoms with Crippen molar-refractivity contribution in [1.29, 1.82) is 0 Å². The van der Waals surface area contributed by atoms with Crippen LogP contribution in [0.25, 0.3) is 5.69 Å². The van der Waals surface area contributed by atoms with Crippen molar-refractivity contribution in [3.63, 3.8) is 0 Å². The number of benzene rings is 2. The topological polar surface area (TPSA) is 141 Å². The van der Waals surface area contributed by atoms with Gasteiger partial charge in [0, 0.05) is 36.5 Å². The Morgan fingerprint density at radius 1 is 1.03 bits per heavy atom. The first-order valence-corrected chi connectivity index (χ1v) is 9.22. The largest absolute Gasteiger partial charge is 0.306 e. The van der Waals surface area contributed by atoms with Crippen molar-refractivity contribution in [2.45, 2.75) is 13.3 Å². The number of nitro groups is 2. The molecular formula is C20H15N5O6. The third-order valence-corrected chi connectivity index (χ3v) is 5.04. The molecule has 1 amide bonds. The average molecular weight is 421 g/mol. The predicted octanol–water partition coefficient (Wildman–Crippen LogP) is 2.56. The van der Waals surface area contributed by atoms with E-state index in [1.807, 2.05) is 0 Å². The van der Waals surface area contributed by atoms with Crippen molar-refractivity contribution in [2.75, 3.05) is 11.4 Å². The normalized spacial score (nSPS) is 12.5. The van der Waals surface area contributed by atoms with Gasteiger partial charge in [0.15, 0.2) is 5.69 Å². The molecule has 156 valence electrons. The van der Waals surface area contributed by atoms with Crippen molar-refractivity contribution >= 4 is 23.0 Å². The monoisotopic (exact) mass is 421 g/mol. The number of carbonyl (C=O) groups excluding carboxylic acids is 1. The highest BCUT2D eigenvalue weighted by Gasteiger charge is 2.30. The van der Waals surface area contributed by atoms with Crippen LogP contribution in [0.15, 0.2) is 53.3 Å². The number of carbonyl (C=O) groups is 1. The van der Waals surface area contributed by atoms with Gasteiger partial charge in [-0.15, -0.1) is 0 Å². The van der Waals surface area contributed by atoms with Gasteiger partial charge in [-0.3, -0.25) is 29.8 Å². The summed E-state index contributed by atoms with van der Waals surface area (Å²) in [6, 6.07) is 11.2. The Hall–Kier alpha value is -4.41. The first kappa shape index (κ1) is 19.9. The summed E-state index contributed by atoms with van der Waals surface area (Å²) >= 11 is 0. The molecule has 0 radical (unpaired) electrons. The molecule has 0 bridgehead atoms. The second-order valence-electron chi connectivity index (χ2n) is 6.93. The number of para-hydroxylation sites is 2. The number of aromatic nitrogens is 2. The van der Waals surface area contributed by atoms with Gasteiger partial charge in [0.2, 0.25) is 5.43 Å². The number of non-ortho nitro benzene ring substituents is 1. The van der Waals surface area contributed by atoms with Gasteiger partial charge in [0.1, 0.15) is 5.69 Å². The maximum atomic E-state index is 13.2. The molecule has 1 aliphatic rings. The fourth-order valence-corrected chi connectivity index (χ4v) is 3.56. The zero-order valence-electron chi connectivity index (χ0n) is 16.2. The molecule has 1 aliphatic heterocycles. The van der Waals surface area contributed by atoms with E-state index >= 15 is 0 Å². The van der Waals surface area contributed by atoms with Gasteiger partial charge in [-0.25, -0.2) is 4.68 Å². The SMILES string of the molecule is Cc1cc(=O)c(C(=O)N2CCc3ccc([N+](=O)[O-])cc32)nn1-c1ccccc1[N+](=O)[O-]. The lowest BCUT2D eigenvalue weighted by Gasteiger charge is -2.17. The van der Waals surface area contributed by atoms with Crippen LogP contribution >= 0.6 is 0 Å². The van der Waals surface area contributed by atoms with Crippen molar-refractivity contribution in [3.8, 4) is 5.69 Å². The molecular weight excluding hydrogens is 406 g/mol. The number of fused-ring (bicyclic) bond motifs is 1. The Bertz CT molecular complexity index is 1320. The van der Waals surface area contributed by atoms with Crippen molar-refractivity contribution in [2.24, 2.45) is 0 Å². The third-order valence-electron chi connectivity index (χ3n) is 5.04. The minimum Gasteiger partial charge on any atom is -0.306 e. The van der Waals surface area contributed by atoms with Crippen LogP contribution in [0.2, 0.25) is 0 Å². The number of amides is 1. The number of rotatable bonds is 4. The Labute approximate surface area is 174 Å². The van der Waals surface area contributed by atoms with E-state index in [2.05, 4.69) is 5.10 Å². The van der Waals surface area contributed by atoms with Gasteiger partial charge in [0.05, 0.1) is 15.5 Å². The molecule has 3 aromatic rings. The number of hydrogen-bond donors (Lipinski definition) is 0. The zero-order valence-corrected chi connectivity index (χ0v) is 16.2. The van der Waals surface area contributed by atoms with E-state index in [4.69, 9.17) is 0 Å². The molecule has 0 N–H and O–H groups in total. The second kappa shape index (κ2) is 7.44. The summed E-state index contributed by atoms with van der Waals surface area (Å²) in [5.74, 6) is -0.725. The number of aryl methyl sites for hydroxylation is 1. The molecule has 0 aliphatic carbocycles. The quantitative estimate of drug-likeness (QED) is 0.465. The van der Waals surface area contributed by atoms with Gasteiger partial charge in [0.25, 0.3) is 17.3 Å². The van der Waals surface area contributed by atoms with E-state index in [1.165, 1.54) is 46.0 Å². The van der Waals surface area contributed by atoms with Crippen molar-refractivity contribution in [3.05, 3.63) is 95.9 Å². The average Bonchev–Trinajstić information content (AvgIpc) is 3.16. The first-order valence-electron chi connectivity index (χ1n) is 9.22. The Kier molecular flexibility index (Phi) is 4.78. The van der Waals surface area contributed by atoms with Crippen LogP contribution in [0.3, 0.4) is 0 Å². The summed E-state index contributed by atoms with van der Waals surface area (Å²) in [5, 5.41) is 26.6. The highest BCUT2D eigenvalue weighted by atomic mass is 16.6. The number of nitro benzene ring substituents is 2. The van der Waals surface area contributed by atoms with E-state index in [-0.39, 0.29) is 23.6 Å². The summed E-state index contributed by atoms with van der Waals surface area (Å²) in [7, 11) is 0. The van der Waals surface area contributed by atoms with E-state index in [0.29, 0.717) is 17.8 Å². The minimum absolute atomic E-state index is 0.108. The third kappa shape index (κ3) is 3.41. The number of nitrogens with zero attached hydrogens (tertiary/aromatic N) is 5. The van der Waals surface area contributed by atoms with Crippen molar-refractivity contribution < 1.29 is 14.6 Å². The first-order chi connectivity index (χ1) is 14.8. The Morgan fingerprint density at radius 3 is 2.48 bits per heavy atom. The summed E-state index contributed by atoms with van der Waals surface area (Å²) < 4.78 is 1.18. The molecule has 2 heterocycles. The summed E-state index contributed by atoms with van der Waals surface area (Å²) in [6.07, 6.45) is 0.475. The molecule has 2 aromatic carbocycles. The van der Waals surface area contributed by atoms with Gasteiger partial charge in [-0.05, 0) is 25.0 Å². The van der Waals surface area contributed by atoms with Crippen LogP contribution < -0.4 is 10.3 Å². The Morgan fingerprint density at radius 2 is 1.77 bits per heavy atom. The lowest BCUT2D eigenvalue weighted by molar-refractivity contribution is -0.384. The van der Waals surface area contributed by atoms with Gasteiger partial charge in [-0.2, -0.15) is 5.10 Å². The zero-order chi connectivity index (χ0) is 22.3. The molecule has 11 heteroatoms. The molecule has 11 nitrogen and oxygen atoms in total. The molecule has 1 aromatic heterocycles. The van der Waals surface area contributed by atoms with Crippen LogP contribution in [0.4, 0.5) is 17.1 Å². The molecule has 4 rings (SSSR count). The lowest BCUT2D eigenvalue weighted by Crippen LogP contribution is -2.35. The molecule has 0 fully saturated rings. The molecule has 0 saturated carbocycles. The fourth-order valence-electron chi connectivity index (χ4n) is 3.56. The van der Waals surface area contributed by atoms with Crippen LogP contribution in [-0.4, -0.2) is 32.1 Å². The van der Waals surface area contributed by atoms with Gasteiger partial charge < -0.3 is 4.90 Å². The van der Waals surface area contributed by atoms with E-state index in [9.17, 15) is 29.8 Å². The van der Waals surface area contributed by atoms with Crippen molar-refractivity contribution in [1.82, 2.24) is 9.78 Å². The minimum atomic E-state index is -0.725. The maximum Gasteiger partial charge on any atom is 0.294 e. The maximum absolute atomic E-state index is 13.2. The molecule has 0 saturated heterocycles. The van der Waals surface area contributed by atoms with E-state index in [1.54, 1.807) is 19.1 Å². The van der Waals surface area contributed by atoms with Gasteiger partial charge in [-0.1, -0.05) is 18.2 Å². The predicted molar refractivity (Wildman–Crippen MR) is 110 cm³/mol. The van der Waals surface area contributed by atoms with Crippen LogP contribution in [-0.2, 0) is 6.42 Å². The van der Waals surface area contributed by atoms with E-state index in [0.717, 1.165) is 5.56 Å². The van der Waals surface area contributed by atoms with E-state index < -0.39 is 26.9 Å². The smallest absolute Gasteiger partial charge is 0.294 e. The van der Waals surface area contributed by atoms with Gasteiger partial charge >= 0.3 is 0 Å². The molecule has 0 spiro atoms. The fraction of sp³-hybridized carbons (Fsp3) is 0.150. The van der Waals surface area contributed by atoms with Crippen LogP contribution in [0.5, 0.6) is 0 Å². The summed E-state index contributed by atoms with van der Waals surface area (Å²) in [5.41, 5.74) is 0.0300. The summed E-state index contributed by atoms with van der Waals surface area (Å²) in [4.78, 5) is 48.4. The second-order valence-corrected chi connectivity index (χ2v) is 6.93. The standard InChI is InChI=1S/C20H15N5O6/c1-12-10-18(26)19(21-23(12)15-4-2-3-5-16(15)25(30)31)20(27)22-9-8-13-6-7-14(24(28)29)11-17(13)22/h2-7,10-11H,8-9H2,1H3. The highest BCUT2D eigenvalue weighted by molar-refractivity contribution is 6.06.